The molecule has 2 nitrogen and oxygen atoms in total. The number of hydrogen-bond donors (Lipinski definition) is 2. The number of rotatable bonds is 16. The Balaban J connectivity index is 3.21. The lowest BCUT2D eigenvalue weighted by atomic mass is 10.0. The lowest BCUT2D eigenvalue weighted by Gasteiger charge is -2.12. The summed E-state index contributed by atoms with van der Waals surface area (Å²) in [7, 11) is 0. The first-order valence-electron chi connectivity index (χ1n) is 9.56. The Morgan fingerprint density at radius 3 is 1.33 bits per heavy atom. The van der Waals surface area contributed by atoms with Gasteiger partial charge in [0.15, 0.2) is 0 Å². The average molecular weight is 301 g/mol. The molecule has 2 atom stereocenters. The van der Waals surface area contributed by atoms with E-state index in [0.717, 1.165) is 44.9 Å². The van der Waals surface area contributed by atoms with Crippen molar-refractivity contribution in [3.05, 3.63) is 0 Å². The zero-order valence-electron chi connectivity index (χ0n) is 14.7. The van der Waals surface area contributed by atoms with Crippen molar-refractivity contribution in [1.29, 1.82) is 0 Å². The van der Waals surface area contributed by atoms with Gasteiger partial charge >= 0.3 is 0 Å². The van der Waals surface area contributed by atoms with Crippen LogP contribution >= 0.6 is 0 Å². The van der Waals surface area contributed by atoms with E-state index in [-0.39, 0.29) is 12.2 Å². The monoisotopic (exact) mass is 300 g/mol. The van der Waals surface area contributed by atoms with Crippen LogP contribution in [0.5, 0.6) is 0 Å². The van der Waals surface area contributed by atoms with Crippen LogP contribution in [-0.4, -0.2) is 22.4 Å². The van der Waals surface area contributed by atoms with Crippen LogP contribution < -0.4 is 0 Å². The third-order valence-electron chi connectivity index (χ3n) is 4.34. The van der Waals surface area contributed by atoms with Crippen LogP contribution in [0.15, 0.2) is 0 Å². The number of hydrogen-bond acceptors (Lipinski definition) is 2. The Labute approximate surface area is 133 Å². The molecule has 0 radical (unpaired) electrons. The van der Waals surface area contributed by atoms with Gasteiger partial charge in [0.05, 0.1) is 12.2 Å². The van der Waals surface area contributed by atoms with Crippen LogP contribution in [0.2, 0.25) is 0 Å². The fraction of sp³-hybridized carbons (Fsp3) is 1.00. The van der Waals surface area contributed by atoms with Crippen LogP contribution in [-0.2, 0) is 0 Å². The van der Waals surface area contributed by atoms with E-state index in [1.54, 1.807) is 0 Å². The second-order valence-electron chi connectivity index (χ2n) is 6.64. The second-order valence-corrected chi connectivity index (χ2v) is 6.64. The Kier molecular flexibility index (Phi) is 16.2. The molecule has 21 heavy (non-hydrogen) atoms. The van der Waals surface area contributed by atoms with Gasteiger partial charge in [0.1, 0.15) is 0 Å². The molecule has 0 bridgehead atoms. The van der Waals surface area contributed by atoms with Crippen molar-refractivity contribution >= 4 is 0 Å². The molecule has 0 aromatic rings. The summed E-state index contributed by atoms with van der Waals surface area (Å²) in [5.41, 5.74) is 0. The van der Waals surface area contributed by atoms with Crippen molar-refractivity contribution in [3.8, 4) is 0 Å². The van der Waals surface area contributed by atoms with Gasteiger partial charge < -0.3 is 10.2 Å². The van der Waals surface area contributed by atoms with Crippen LogP contribution in [0.25, 0.3) is 0 Å². The minimum atomic E-state index is -0.125. The van der Waals surface area contributed by atoms with Crippen LogP contribution in [0.3, 0.4) is 0 Å². The summed E-state index contributed by atoms with van der Waals surface area (Å²) in [6.07, 6.45) is 17.2. The van der Waals surface area contributed by atoms with Crippen molar-refractivity contribution in [2.75, 3.05) is 0 Å². The quantitative estimate of drug-likeness (QED) is 0.364. The molecular weight excluding hydrogens is 260 g/mol. The van der Waals surface area contributed by atoms with E-state index in [2.05, 4.69) is 13.8 Å². The number of unbranched alkanes of at least 4 members (excludes halogenated alkanes) is 8. The molecular formula is C19H40O2. The number of aliphatic hydroxyl groups is 2. The van der Waals surface area contributed by atoms with Crippen molar-refractivity contribution in [2.24, 2.45) is 0 Å². The number of aliphatic hydroxyl groups excluding tert-OH is 2. The van der Waals surface area contributed by atoms with Crippen molar-refractivity contribution in [2.45, 2.75) is 122 Å². The van der Waals surface area contributed by atoms with E-state index in [4.69, 9.17) is 0 Å². The third kappa shape index (κ3) is 16.1. The maximum absolute atomic E-state index is 9.93. The molecule has 0 aromatic heterocycles. The molecule has 0 aliphatic rings. The summed E-state index contributed by atoms with van der Waals surface area (Å²) in [5, 5.41) is 19.6. The summed E-state index contributed by atoms with van der Waals surface area (Å²) in [6.45, 7) is 4.36. The molecule has 0 aromatic carbocycles. The lowest BCUT2D eigenvalue weighted by Crippen LogP contribution is -2.08. The Morgan fingerprint density at radius 1 is 0.476 bits per heavy atom. The average Bonchev–Trinajstić information content (AvgIpc) is 2.47. The Bertz CT molecular complexity index is 194. The van der Waals surface area contributed by atoms with E-state index >= 15 is 0 Å². The Morgan fingerprint density at radius 2 is 0.857 bits per heavy atom. The molecule has 2 N–H and O–H groups in total. The fourth-order valence-corrected chi connectivity index (χ4v) is 2.90. The van der Waals surface area contributed by atoms with E-state index in [1.165, 1.54) is 51.4 Å². The Hall–Kier alpha value is -0.0800. The van der Waals surface area contributed by atoms with Gasteiger partial charge in [-0.1, -0.05) is 84.5 Å². The van der Waals surface area contributed by atoms with Gasteiger partial charge in [-0.2, -0.15) is 0 Å². The predicted octanol–water partition coefficient (Wildman–Crippen LogP) is 5.60. The standard InChI is InChI=1S/C19H40O2/c1-3-5-6-7-8-9-10-11-15-19(21)17-13-12-16-18(20)14-4-2/h18-21H,3-17H2,1-2H3. The normalized spacial score (nSPS) is 14.3. The van der Waals surface area contributed by atoms with Gasteiger partial charge in [-0.15, -0.1) is 0 Å². The van der Waals surface area contributed by atoms with Gasteiger partial charge in [-0.05, 0) is 25.7 Å². The van der Waals surface area contributed by atoms with Gasteiger partial charge in [-0.25, -0.2) is 0 Å². The molecule has 128 valence electrons. The van der Waals surface area contributed by atoms with Crippen LogP contribution in [0, 0.1) is 0 Å². The minimum Gasteiger partial charge on any atom is -0.393 e. The highest BCUT2D eigenvalue weighted by molar-refractivity contribution is 4.60. The highest BCUT2D eigenvalue weighted by Crippen LogP contribution is 2.14. The van der Waals surface area contributed by atoms with E-state index in [9.17, 15) is 10.2 Å². The zero-order chi connectivity index (χ0) is 15.8. The molecule has 2 unspecified atom stereocenters. The smallest absolute Gasteiger partial charge is 0.0540 e. The third-order valence-corrected chi connectivity index (χ3v) is 4.34. The molecule has 0 amide bonds. The molecule has 0 fully saturated rings. The first kappa shape index (κ1) is 20.9. The molecule has 0 saturated carbocycles. The van der Waals surface area contributed by atoms with Gasteiger partial charge in [-0.3, -0.25) is 0 Å². The highest BCUT2D eigenvalue weighted by Gasteiger charge is 2.06. The van der Waals surface area contributed by atoms with Gasteiger partial charge in [0.25, 0.3) is 0 Å². The summed E-state index contributed by atoms with van der Waals surface area (Å²) < 4.78 is 0. The lowest BCUT2D eigenvalue weighted by molar-refractivity contribution is 0.133. The van der Waals surface area contributed by atoms with Crippen LogP contribution in [0.1, 0.15) is 110 Å². The van der Waals surface area contributed by atoms with Crippen molar-refractivity contribution < 1.29 is 10.2 Å². The summed E-state index contributed by atoms with van der Waals surface area (Å²) in [5.74, 6) is 0. The summed E-state index contributed by atoms with van der Waals surface area (Å²) >= 11 is 0. The summed E-state index contributed by atoms with van der Waals surface area (Å²) in [6, 6.07) is 0. The second kappa shape index (κ2) is 16.3. The van der Waals surface area contributed by atoms with Crippen molar-refractivity contribution in [1.82, 2.24) is 0 Å². The molecule has 0 aliphatic carbocycles. The van der Waals surface area contributed by atoms with Gasteiger partial charge in [0.2, 0.25) is 0 Å². The first-order chi connectivity index (χ1) is 10.2. The van der Waals surface area contributed by atoms with E-state index in [0.29, 0.717) is 0 Å². The van der Waals surface area contributed by atoms with E-state index < -0.39 is 0 Å². The molecule has 2 heteroatoms. The molecule has 0 heterocycles. The van der Waals surface area contributed by atoms with E-state index in [1.807, 2.05) is 0 Å². The maximum Gasteiger partial charge on any atom is 0.0540 e. The molecule has 0 rings (SSSR count). The highest BCUT2D eigenvalue weighted by atomic mass is 16.3. The van der Waals surface area contributed by atoms with Crippen molar-refractivity contribution in [3.63, 3.8) is 0 Å². The first-order valence-corrected chi connectivity index (χ1v) is 9.56. The minimum absolute atomic E-state index is 0.117. The molecule has 0 saturated heterocycles. The van der Waals surface area contributed by atoms with Gasteiger partial charge in [0, 0.05) is 0 Å². The zero-order valence-corrected chi connectivity index (χ0v) is 14.7. The largest absolute Gasteiger partial charge is 0.393 e. The summed E-state index contributed by atoms with van der Waals surface area (Å²) in [4.78, 5) is 0. The topological polar surface area (TPSA) is 40.5 Å². The molecule has 0 aliphatic heterocycles. The predicted molar refractivity (Wildman–Crippen MR) is 92.6 cm³/mol. The SMILES string of the molecule is CCCCCCCCCCC(O)CCCCC(O)CCC. The molecule has 0 spiro atoms. The van der Waals surface area contributed by atoms with Crippen LogP contribution in [0.4, 0.5) is 0 Å². The fourth-order valence-electron chi connectivity index (χ4n) is 2.90. The maximum atomic E-state index is 9.93.